The zero-order chi connectivity index (χ0) is 9.14. The average Bonchev–Trinajstić information content (AvgIpc) is 2.04. The van der Waals surface area contributed by atoms with E-state index < -0.39 is 4.92 Å². The van der Waals surface area contributed by atoms with Crippen molar-refractivity contribution in [1.29, 1.82) is 0 Å². The van der Waals surface area contributed by atoms with Gasteiger partial charge in [0.2, 0.25) is 0 Å². The Morgan fingerprint density at radius 2 is 2.25 bits per heavy atom. The number of non-ortho nitro benzene ring substituents is 1. The molecule has 1 rings (SSSR count). The van der Waals surface area contributed by atoms with Crippen LogP contribution in [0, 0.1) is 17.0 Å². The van der Waals surface area contributed by atoms with Crippen molar-refractivity contribution in [2.24, 2.45) is 5.73 Å². The standard InChI is InChI=1S/C8H10N2O2/c1-6-4-8(10(11)12)3-2-7(6)5-9/h2-4H,5,9H2,1H3. The summed E-state index contributed by atoms with van der Waals surface area (Å²) in [7, 11) is 0. The summed E-state index contributed by atoms with van der Waals surface area (Å²) in [5.74, 6) is 0. The number of nitro groups is 1. The molecule has 0 spiro atoms. The molecule has 0 bridgehead atoms. The Hall–Kier alpha value is -1.42. The van der Waals surface area contributed by atoms with Gasteiger partial charge in [-0.3, -0.25) is 10.1 Å². The molecule has 0 saturated carbocycles. The first-order valence-electron chi connectivity index (χ1n) is 3.59. The molecule has 12 heavy (non-hydrogen) atoms. The lowest BCUT2D eigenvalue weighted by Crippen LogP contribution is -1.99. The normalized spacial score (nSPS) is 9.83. The number of aryl methyl sites for hydroxylation is 1. The Bertz CT molecular complexity index is 310. The Morgan fingerprint density at radius 3 is 2.67 bits per heavy atom. The Kier molecular flexibility index (Phi) is 2.40. The van der Waals surface area contributed by atoms with Crippen molar-refractivity contribution in [3.63, 3.8) is 0 Å². The highest BCUT2D eigenvalue weighted by molar-refractivity contribution is 5.38. The lowest BCUT2D eigenvalue weighted by atomic mass is 10.1. The van der Waals surface area contributed by atoms with E-state index >= 15 is 0 Å². The fraction of sp³-hybridized carbons (Fsp3) is 0.250. The van der Waals surface area contributed by atoms with E-state index in [1.165, 1.54) is 12.1 Å². The van der Waals surface area contributed by atoms with Gasteiger partial charge in [0.1, 0.15) is 0 Å². The highest BCUT2D eigenvalue weighted by Crippen LogP contribution is 2.16. The van der Waals surface area contributed by atoms with E-state index in [-0.39, 0.29) is 5.69 Å². The van der Waals surface area contributed by atoms with Crippen LogP contribution in [-0.4, -0.2) is 4.92 Å². The maximum Gasteiger partial charge on any atom is 0.269 e. The molecule has 1 aromatic rings. The number of nitrogens with two attached hydrogens (primary N) is 1. The van der Waals surface area contributed by atoms with E-state index in [0.717, 1.165) is 11.1 Å². The van der Waals surface area contributed by atoms with E-state index in [2.05, 4.69) is 0 Å². The molecule has 4 heteroatoms. The van der Waals surface area contributed by atoms with Crippen LogP contribution < -0.4 is 5.73 Å². The fourth-order valence-corrected chi connectivity index (χ4v) is 1.02. The van der Waals surface area contributed by atoms with Gasteiger partial charge in [0, 0.05) is 18.7 Å². The average molecular weight is 166 g/mol. The molecule has 0 saturated heterocycles. The highest BCUT2D eigenvalue weighted by Gasteiger charge is 2.06. The van der Waals surface area contributed by atoms with Crippen LogP contribution in [0.1, 0.15) is 11.1 Å². The number of nitro benzene ring substituents is 1. The summed E-state index contributed by atoms with van der Waals surface area (Å²) in [6, 6.07) is 4.69. The number of hydrogen-bond acceptors (Lipinski definition) is 3. The van der Waals surface area contributed by atoms with Crippen molar-refractivity contribution < 1.29 is 4.92 Å². The lowest BCUT2D eigenvalue weighted by molar-refractivity contribution is -0.384. The zero-order valence-corrected chi connectivity index (χ0v) is 6.78. The van der Waals surface area contributed by atoms with Crippen LogP contribution in [0.4, 0.5) is 5.69 Å². The van der Waals surface area contributed by atoms with Gasteiger partial charge in [0.25, 0.3) is 5.69 Å². The molecule has 0 unspecified atom stereocenters. The third-order valence-electron chi connectivity index (χ3n) is 1.76. The van der Waals surface area contributed by atoms with Crippen LogP contribution in [0.3, 0.4) is 0 Å². The van der Waals surface area contributed by atoms with E-state index in [0.29, 0.717) is 6.54 Å². The van der Waals surface area contributed by atoms with Crippen molar-refractivity contribution in [2.75, 3.05) is 0 Å². The van der Waals surface area contributed by atoms with Gasteiger partial charge in [-0.1, -0.05) is 6.07 Å². The summed E-state index contributed by atoms with van der Waals surface area (Å²) in [6.07, 6.45) is 0. The Labute approximate surface area is 70.2 Å². The molecular weight excluding hydrogens is 156 g/mol. The lowest BCUT2D eigenvalue weighted by Gasteiger charge is -2.00. The van der Waals surface area contributed by atoms with Gasteiger partial charge in [0.15, 0.2) is 0 Å². The maximum absolute atomic E-state index is 10.3. The number of rotatable bonds is 2. The first-order valence-corrected chi connectivity index (χ1v) is 3.59. The molecule has 64 valence electrons. The Balaban J connectivity index is 3.10. The molecule has 0 aliphatic carbocycles. The number of hydrogen-bond donors (Lipinski definition) is 1. The first kappa shape index (κ1) is 8.67. The van der Waals surface area contributed by atoms with Gasteiger partial charge in [0.05, 0.1) is 4.92 Å². The third-order valence-corrected chi connectivity index (χ3v) is 1.76. The van der Waals surface area contributed by atoms with Crippen LogP contribution in [0.15, 0.2) is 18.2 Å². The number of benzene rings is 1. The Morgan fingerprint density at radius 1 is 1.58 bits per heavy atom. The number of nitrogens with zero attached hydrogens (tertiary/aromatic N) is 1. The smallest absolute Gasteiger partial charge is 0.269 e. The van der Waals surface area contributed by atoms with E-state index in [4.69, 9.17) is 5.73 Å². The molecule has 2 N–H and O–H groups in total. The topological polar surface area (TPSA) is 69.2 Å². The van der Waals surface area contributed by atoms with Crippen molar-refractivity contribution >= 4 is 5.69 Å². The van der Waals surface area contributed by atoms with Crippen LogP contribution in [-0.2, 0) is 6.54 Å². The predicted octanol–water partition coefficient (Wildman–Crippen LogP) is 1.36. The van der Waals surface area contributed by atoms with Gasteiger partial charge in [-0.25, -0.2) is 0 Å². The van der Waals surface area contributed by atoms with Crippen LogP contribution in [0.5, 0.6) is 0 Å². The van der Waals surface area contributed by atoms with Crippen molar-refractivity contribution in [3.8, 4) is 0 Å². The minimum Gasteiger partial charge on any atom is -0.326 e. The molecule has 0 atom stereocenters. The van der Waals surface area contributed by atoms with E-state index in [1.807, 2.05) is 6.92 Å². The third kappa shape index (κ3) is 1.60. The quantitative estimate of drug-likeness (QED) is 0.532. The van der Waals surface area contributed by atoms with Gasteiger partial charge in [-0.15, -0.1) is 0 Å². The second kappa shape index (κ2) is 3.32. The van der Waals surface area contributed by atoms with Crippen molar-refractivity contribution in [2.45, 2.75) is 13.5 Å². The van der Waals surface area contributed by atoms with Crippen LogP contribution in [0.25, 0.3) is 0 Å². The maximum atomic E-state index is 10.3. The molecule has 0 radical (unpaired) electrons. The van der Waals surface area contributed by atoms with Crippen LogP contribution in [0.2, 0.25) is 0 Å². The van der Waals surface area contributed by atoms with E-state index in [9.17, 15) is 10.1 Å². The molecule has 0 amide bonds. The second-order valence-corrected chi connectivity index (χ2v) is 2.57. The minimum absolute atomic E-state index is 0.115. The fourth-order valence-electron chi connectivity index (χ4n) is 1.02. The molecule has 0 aliphatic heterocycles. The van der Waals surface area contributed by atoms with Gasteiger partial charge in [-0.05, 0) is 18.1 Å². The van der Waals surface area contributed by atoms with Gasteiger partial charge >= 0.3 is 0 Å². The minimum atomic E-state index is -0.409. The molecule has 0 heterocycles. The first-order chi connectivity index (χ1) is 5.65. The highest BCUT2D eigenvalue weighted by atomic mass is 16.6. The summed E-state index contributed by atoms with van der Waals surface area (Å²) in [5, 5.41) is 10.3. The molecule has 0 aliphatic rings. The summed E-state index contributed by atoms with van der Waals surface area (Å²) in [5.41, 5.74) is 7.33. The summed E-state index contributed by atoms with van der Waals surface area (Å²) in [4.78, 5) is 9.92. The molecular formula is C8H10N2O2. The van der Waals surface area contributed by atoms with Crippen LogP contribution >= 0.6 is 0 Å². The van der Waals surface area contributed by atoms with E-state index in [1.54, 1.807) is 6.07 Å². The largest absolute Gasteiger partial charge is 0.326 e. The second-order valence-electron chi connectivity index (χ2n) is 2.57. The SMILES string of the molecule is Cc1cc([N+](=O)[O-])ccc1CN. The van der Waals surface area contributed by atoms with Gasteiger partial charge in [-0.2, -0.15) is 0 Å². The van der Waals surface area contributed by atoms with Crippen molar-refractivity contribution in [3.05, 3.63) is 39.4 Å². The monoisotopic (exact) mass is 166 g/mol. The molecule has 1 aromatic carbocycles. The summed E-state index contributed by atoms with van der Waals surface area (Å²) >= 11 is 0. The predicted molar refractivity (Wildman–Crippen MR) is 45.7 cm³/mol. The van der Waals surface area contributed by atoms with Gasteiger partial charge < -0.3 is 5.73 Å². The molecule has 0 aromatic heterocycles. The summed E-state index contributed by atoms with van der Waals surface area (Å²) < 4.78 is 0. The summed E-state index contributed by atoms with van der Waals surface area (Å²) in [6.45, 7) is 2.24. The van der Waals surface area contributed by atoms with Crippen molar-refractivity contribution in [1.82, 2.24) is 0 Å². The molecule has 4 nitrogen and oxygen atoms in total. The zero-order valence-electron chi connectivity index (χ0n) is 6.78. The molecule has 0 fully saturated rings.